The van der Waals surface area contributed by atoms with Crippen molar-refractivity contribution in [2.24, 2.45) is 11.8 Å². The lowest BCUT2D eigenvalue weighted by atomic mass is 10.1. The summed E-state index contributed by atoms with van der Waals surface area (Å²) in [7, 11) is 0. The van der Waals surface area contributed by atoms with Crippen molar-refractivity contribution in [2.75, 3.05) is 50.7 Å². The van der Waals surface area contributed by atoms with E-state index in [1.807, 2.05) is 12.1 Å². The third-order valence-electron chi connectivity index (χ3n) is 5.49. The number of rotatable bonds is 7. The van der Waals surface area contributed by atoms with E-state index >= 15 is 0 Å². The van der Waals surface area contributed by atoms with Gasteiger partial charge in [-0.05, 0) is 68.5 Å². The van der Waals surface area contributed by atoms with Gasteiger partial charge in [-0.3, -0.25) is 0 Å². The third-order valence-corrected chi connectivity index (χ3v) is 5.74. The number of anilines is 1. The largest absolute Gasteiger partial charge is 0.371 e. The Morgan fingerprint density at radius 2 is 1.73 bits per heavy atom. The number of hydrogen-bond acceptors (Lipinski definition) is 3. The number of carbonyl (C=O) groups is 1. The zero-order valence-electron chi connectivity index (χ0n) is 15.7. The molecular weight excluding hydrogens is 348 g/mol. The maximum absolute atomic E-state index is 12.1. The van der Waals surface area contributed by atoms with Crippen molar-refractivity contribution < 1.29 is 4.79 Å². The summed E-state index contributed by atoms with van der Waals surface area (Å²) in [6.45, 7) is 9.22. The van der Waals surface area contributed by atoms with Crippen molar-refractivity contribution in [3.05, 3.63) is 29.3 Å². The zero-order valence-corrected chi connectivity index (χ0v) is 16.5. The van der Waals surface area contributed by atoms with Crippen LogP contribution in [0.5, 0.6) is 0 Å². The van der Waals surface area contributed by atoms with E-state index in [2.05, 4.69) is 39.5 Å². The molecular formula is C20H31ClN4O. The van der Waals surface area contributed by atoms with Crippen molar-refractivity contribution in [3.8, 4) is 0 Å². The lowest BCUT2D eigenvalue weighted by Crippen LogP contribution is -2.41. The Hall–Kier alpha value is -1.46. The van der Waals surface area contributed by atoms with Crippen LogP contribution < -0.4 is 15.5 Å². The fourth-order valence-electron chi connectivity index (χ4n) is 4.02. The fraction of sp³-hybridized carbons (Fsp3) is 0.650. The molecule has 2 atom stereocenters. The number of nitrogens with one attached hydrogen (secondary N) is 2. The molecule has 3 rings (SSSR count). The number of likely N-dealkylation sites (tertiary alicyclic amines) is 1. The maximum Gasteiger partial charge on any atom is 0.314 e. The highest BCUT2D eigenvalue weighted by atomic mass is 35.5. The average molecular weight is 379 g/mol. The molecule has 144 valence electrons. The van der Waals surface area contributed by atoms with Gasteiger partial charge in [0.05, 0.1) is 0 Å². The van der Waals surface area contributed by atoms with Gasteiger partial charge in [-0.1, -0.05) is 18.5 Å². The number of carbonyl (C=O) groups excluding carboxylic acids is 1. The molecule has 2 unspecified atom stereocenters. The van der Waals surface area contributed by atoms with Crippen LogP contribution in [0.4, 0.5) is 10.5 Å². The van der Waals surface area contributed by atoms with Gasteiger partial charge in [0, 0.05) is 43.4 Å². The van der Waals surface area contributed by atoms with E-state index in [0.29, 0.717) is 11.8 Å². The molecule has 2 aliphatic heterocycles. The van der Waals surface area contributed by atoms with Crippen LogP contribution in [-0.4, -0.2) is 56.7 Å². The lowest BCUT2D eigenvalue weighted by molar-refractivity contribution is 0.237. The highest BCUT2D eigenvalue weighted by Gasteiger charge is 2.24. The maximum atomic E-state index is 12.1. The number of benzene rings is 1. The molecule has 2 N–H and O–H groups in total. The molecule has 2 heterocycles. The summed E-state index contributed by atoms with van der Waals surface area (Å²) in [6, 6.07) is 7.97. The summed E-state index contributed by atoms with van der Waals surface area (Å²) in [5.41, 5.74) is 1.21. The molecule has 2 fully saturated rings. The van der Waals surface area contributed by atoms with Crippen molar-refractivity contribution in [1.29, 1.82) is 0 Å². The highest BCUT2D eigenvalue weighted by molar-refractivity contribution is 6.30. The fourth-order valence-corrected chi connectivity index (χ4v) is 4.15. The van der Waals surface area contributed by atoms with Gasteiger partial charge in [0.15, 0.2) is 0 Å². The third kappa shape index (κ3) is 5.52. The smallest absolute Gasteiger partial charge is 0.314 e. The van der Waals surface area contributed by atoms with E-state index in [1.54, 1.807) is 0 Å². The molecule has 26 heavy (non-hydrogen) atoms. The molecule has 1 aromatic carbocycles. The molecule has 0 saturated carbocycles. The summed E-state index contributed by atoms with van der Waals surface area (Å²) < 4.78 is 0. The molecule has 0 aliphatic carbocycles. The molecule has 0 aromatic heterocycles. The molecule has 0 spiro atoms. The van der Waals surface area contributed by atoms with Crippen LogP contribution in [0.25, 0.3) is 0 Å². The first kappa shape index (κ1) is 19.3. The topological polar surface area (TPSA) is 47.6 Å². The van der Waals surface area contributed by atoms with Crippen molar-refractivity contribution in [1.82, 2.24) is 15.5 Å². The number of hydrogen-bond donors (Lipinski definition) is 2. The second-order valence-electron chi connectivity index (χ2n) is 7.62. The van der Waals surface area contributed by atoms with E-state index in [9.17, 15) is 4.79 Å². The Balaban J connectivity index is 1.32. The van der Waals surface area contributed by atoms with E-state index in [0.717, 1.165) is 44.2 Å². The van der Waals surface area contributed by atoms with E-state index in [4.69, 9.17) is 11.6 Å². The highest BCUT2D eigenvalue weighted by Crippen LogP contribution is 2.24. The van der Waals surface area contributed by atoms with Crippen LogP contribution in [0.1, 0.15) is 26.2 Å². The van der Waals surface area contributed by atoms with Crippen LogP contribution in [0.15, 0.2) is 24.3 Å². The van der Waals surface area contributed by atoms with Gasteiger partial charge in [-0.15, -0.1) is 0 Å². The molecule has 0 bridgehead atoms. The van der Waals surface area contributed by atoms with E-state index < -0.39 is 0 Å². The van der Waals surface area contributed by atoms with Crippen LogP contribution in [-0.2, 0) is 0 Å². The average Bonchev–Trinajstić information content (AvgIpc) is 3.29. The van der Waals surface area contributed by atoms with Gasteiger partial charge >= 0.3 is 6.03 Å². The van der Waals surface area contributed by atoms with Crippen LogP contribution in [0.3, 0.4) is 0 Å². The van der Waals surface area contributed by atoms with Gasteiger partial charge in [0.1, 0.15) is 0 Å². The van der Waals surface area contributed by atoms with Gasteiger partial charge in [0.2, 0.25) is 0 Å². The Morgan fingerprint density at radius 1 is 1.08 bits per heavy atom. The number of urea groups is 1. The minimum absolute atomic E-state index is 0.0242. The van der Waals surface area contributed by atoms with E-state index in [-0.39, 0.29) is 6.03 Å². The molecule has 0 radical (unpaired) electrons. The van der Waals surface area contributed by atoms with E-state index in [1.165, 1.54) is 31.6 Å². The van der Waals surface area contributed by atoms with Crippen molar-refractivity contribution >= 4 is 23.3 Å². The normalized spacial score (nSPS) is 23.4. The Morgan fingerprint density at radius 3 is 2.42 bits per heavy atom. The first-order chi connectivity index (χ1) is 12.6. The lowest BCUT2D eigenvalue weighted by Gasteiger charge is -2.19. The first-order valence-corrected chi connectivity index (χ1v) is 10.3. The van der Waals surface area contributed by atoms with Gasteiger partial charge < -0.3 is 20.4 Å². The molecule has 2 amide bonds. The van der Waals surface area contributed by atoms with Crippen LogP contribution in [0, 0.1) is 11.8 Å². The second kappa shape index (κ2) is 9.47. The molecule has 6 heteroatoms. The van der Waals surface area contributed by atoms with Crippen LogP contribution in [0.2, 0.25) is 5.02 Å². The summed E-state index contributed by atoms with van der Waals surface area (Å²) >= 11 is 5.96. The monoisotopic (exact) mass is 378 g/mol. The molecule has 1 aromatic rings. The predicted molar refractivity (Wildman–Crippen MR) is 108 cm³/mol. The number of amides is 2. The second-order valence-corrected chi connectivity index (χ2v) is 8.06. The van der Waals surface area contributed by atoms with Crippen molar-refractivity contribution in [2.45, 2.75) is 26.2 Å². The zero-order chi connectivity index (χ0) is 18.4. The SMILES string of the molecule is CCCN1CCC(CNC(=O)NCC2CCN(c3ccc(Cl)cc3)C2)C1. The molecule has 2 aliphatic rings. The van der Waals surface area contributed by atoms with Gasteiger partial charge in [-0.2, -0.15) is 0 Å². The quantitative estimate of drug-likeness (QED) is 0.766. The first-order valence-electron chi connectivity index (χ1n) is 9.88. The summed E-state index contributed by atoms with van der Waals surface area (Å²) in [5, 5.41) is 6.88. The number of nitrogens with zero attached hydrogens (tertiary/aromatic N) is 2. The summed E-state index contributed by atoms with van der Waals surface area (Å²) in [6.07, 6.45) is 3.51. The predicted octanol–water partition coefficient (Wildman–Crippen LogP) is 3.20. The van der Waals surface area contributed by atoms with Crippen molar-refractivity contribution in [3.63, 3.8) is 0 Å². The summed E-state index contributed by atoms with van der Waals surface area (Å²) in [5.74, 6) is 1.10. The Kier molecular flexibility index (Phi) is 7.03. The van der Waals surface area contributed by atoms with Gasteiger partial charge in [0.25, 0.3) is 0 Å². The number of halogens is 1. The minimum atomic E-state index is -0.0242. The van der Waals surface area contributed by atoms with Crippen LogP contribution >= 0.6 is 11.6 Å². The molecule has 5 nitrogen and oxygen atoms in total. The minimum Gasteiger partial charge on any atom is -0.371 e. The molecule has 2 saturated heterocycles. The standard InChI is InChI=1S/C20H31ClN4O/c1-2-9-24-10-7-16(14-24)12-22-20(26)23-13-17-8-11-25(15-17)19-5-3-18(21)4-6-19/h3-6,16-17H,2,7-15H2,1H3,(H2,22,23,26). The Bertz CT molecular complexity index is 580. The summed E-state index contributed by atoms with van der Waals surface area (Å²) in [4.78, 5) is 16.9. The van der Waals surface area contributed by atoms with Gasteiger partial charge in [-0.25, -0.2) is 4.79 Å². The Labute approximate surface area is 162 Å².